The van der Waals surface area contributed by atoms with Crippen molar-refractivity contribution in [2.45, 2.75) is 20.0 Å². The van der Waals surface area contributed by atoms with E-state index in [4.69, 9.17) is 9.72 Å². The van der Waals surface area contributed by atoms with Crippen LogP contribution in [0.5, 0.6) is 0 Å². The van der Waals surface area contributed by atoms with Crippen molar-refractivity contribution in [3.8, 4) is 22.4 Å². The summed E-state index contributed by atoms with van der Waals surface area (Å²) in [5, 5.41) is 2.89. The van der Waals surface area contributed by atoms with Crippen LogP contribution in [0.15, 0.2) is 60.7 Å². The van der Waals surface area contributed by atoms with E-state index in [0.717, 1.165) is 33.6 Å². The summed E-state index contributed by atoms with van der Waals surface area (Å²) in [5.74, 6) is -0.376. The lowest BCUT2D eigenvalue weighted by molar-refractivity contribution is -0.142. The van der Waals surface area contributed by atoms with Gasteiger partial charge in [0.25, 0.3) is 5.91 Å². The fourth-order valence-corrected chi connectivity index (χ4v) is 3.33. The van der Waals surface area contributed by atoms with E-state index >= 15 is 0 Å². The highest BCUT2D eigenvalue weighted by atomic mass is 16.5. The highest BCUT2D eigenvalue weighted by Crippen LogP contribution is 2.33. The molecule has 4 rings (SSSR count). The number of fused-ring (bicyclic) bond motifs is 1. The maximum Gasteiger partial charge on any atom is 0.302 e. The molecule has 28 heavy (non-hydrogen) atoms. The molecule has 2 aromatic carbocycles. The number of carbonyl (C=O) groups excluding carboxylic acids is 2. The lowest BCUT2D eigenvalue weighted by atomic mass is 9.94. The minimum atomic E-state index is -0.301. The monoisotopic (exact) mass is 372 g/mol. The SMILES string of the molecule is CC(=O)OCc1ccc(-c2nc3c(cc2-c2ccccc2)C(=O)NCC3)cc1. The molecule has 1 aliphatic rings. The zero-order chi connectivity index (χ0) is 19.5. The van der Waals surface area contributed by atoms with Crippen molar-refractivity contribution in [3.63, 3.8) is 0 Å². The molecule has 0 unspecified atom stereocenters. The second kappa shape index (κ2) is 7.64. The zero-order valence-electron chi connectivity index (χ0n) is 15.6. The van der Waals surface area contributed by atoms with Crippen LogP contribution in [0.1, 0.15) is 28.5 Å². The molecule has 2 heterocycles. The maximum absolute atomic E-state index is 12.3. The van der Waals surface area contributed by atoms with Gasteiger partial charge in [-0.25, -0.2) is 0 Å². The first-order valence-electron chi connectivity index (χ1n) is 9.22. The third-order valence-electron chi connectivity index (χ3n) is 4.75. The van der Waals surface area contributed by atoms with Crippen molar-refractivity contribution < 1.29 is 14.3 Å². The summed E-state index contributed by atoms with van der Waals surface area (Å²) >= 11 is 0. The Morgan fingerprint density at radius 2 is 1.79 bits per heavy atom. The Bertz CT molecular complexity index is 1030. The van der Waals surface area contributed by atoms with Crippen LogP contribution in [0.25, 0.3) is 22.4 Å². The molecule has 3 aromatic rings. The van der Waals surface area contributed by atoms with E-state index in [2.05, 4.69) is 5.32 Å². The van der Waals surface area contributed by atoms with Crippen molar-refractivity contribution in [1.29, 1.82) is 0 Å². The number of amides is 1. The van der Waals surface area contributed by atoms with E-state index in [9.17, 15) is 9.59 Å². The van der Waals surface area contributed by atoms with Gasteiger partial charge in [-0.05, 0) is 17.2 Å². The van der Waals surface area contributed by atoms with Crippen LogP contribution in [0.2, 0.25) is 0 Å². The fraction of sp³-hybridized carbons (Fsp3) is 0.174. The summed E-state index contributed by atoms with van der Waals surface area (Å²) in [6.45, 7) is 2.25. The maximum atomic E-state index is 12.3. The first-order valence-corrected chi connectivity index (χ1v) is 9.22. The molecule has 5 heteroatoms. The van der Waals surface area contributed by atoms with Crippen molar-refractivity contribution in [3.05, 3.63) is 77.5 Å². The first kappa shape index (κ1) is 17.9. The number of rotatable bonds is 4. The number of benzene rings is 2. The van der Waals surface area contributed by atoms with E-state index in [1.54, 1.807) is 0 Å². The van der Waals surface area contributed by atoms with Crippen LogP contribution in [0, 0.1) is 0 Å². The van der Waals surface area contributed by atoms with Gasteiger partial charge in [-0.1, -0.05) is 54.6 Å². The molecule has 5 nitrogen and oxygen atoms in total. The third kappa shape index (κ3) is 3.64. The van der Waals surface area contributed by atoms with Gasteiger partial charge in [-0.3, -0.25) is 14.6 Å². The van der Waals surface area contributed by atoms with Crippen molar-refractivity contribution in [1.82, 2.24) is 10.3 Å². The third-order valence-corrected chi connectivity index (χ3v) is 4.75. The van der Waals surface area contributed by atoms with Gasteiger partial charge in [-0.2, -0.15) is 0 Å². The quantitative estimate of drug-likeness (QED) is 0.708. The molecule has 0 saturated carbocycles. The molecule has 0 saturated heterocycles. The smallest absolute Gasteiger partial charge is 0.302 e. The van der Waals surface area contributed by atoms with Gasteiger partial charge in [-0.15, -0.1) is 0 Å². The number of carbonyl (C=O) groups is 2. The van der Waals surface area contributed by atoms with E-state index in [1.807, 2.05) is 60.7 Å². The molecule has 1 amide bonds. The lowest BCUT2D eigenvalue weighted by Crippen LogP contribution is -2.32. The molecule has 0 fully saturated rings. The van der Waals surface area contributed by atoms with Crippen molar-refractivity contribution in [2.24, 2.45) is 0 Å². The fourth-order valence-electron chi connectivity index (χ4n) is 3.33. The van der Waals surface area contributed by atoms with E-state index in [1.165, 1.54) is 6.92 Å². The Morgan fingerprint density at radius 1 is 1.04 bits per heavy atom. The summed E-state index contributed by atoms with van der Waals surface area (Å²) in [7, 11) is 0. The van der Waals surface area contributed by atoms with E-state index in [-0.39, 0.29) is 18.5 Å². The predicted molar refractivity (Wildman–Crippen MR) is 107 cm³/mol. The molecule has 140 valence electrons. The molecular weight excluding hydrogens is 352 g/mol. The van der Waals surface area contributed by atoms with Gasteiger partial charge in [0.05, 0.1) is 17.0 Å². The number of hydrogen-bond donors (Lipinski definition) is 1. The van der Waals surface area contributed by atoms with Crippen LogP contribution >= 0.6 is 0 Å². The van der Waals surface area contributed by atoms with Crippen molar-refractivity contribution in [2.75, 3.05) is 6.54 Å². The second-order valence-electron chi connectivity index (χ2n) is 6.73. The molecule has 1 aromatic heterocycles. The van der Waals surface area contributed by atoms with Crippen LogP contribution in [0.3, 0.4) is 0 Å². The summed E-state index contributed by atoms with van der Waals surface area (Å²) < 4.78 is 5.05. The Morgan fingerprint density at radius 3 is 2.50 bits per heavy atom. The van der Waals surface area contributed by atoms with Crippen LogP contribution in [-0.4, -0.2) is 23.4 Å². The molecule has 0 spiro atoms. The molecule has 0 atom stereocenters. The second-order valence-corrected chi connectivity index (χ2v) is 6.73. The topological polar surface area (TPSA) is 68.3 Å². The summed E-state index contributed by atoms with van der Waals surface area (Å²) in [5.41, 5.74) is 6.11. The molecule has 1 aliphatic heterocycles. The molecule has 0 aliphatic carbocycles. The average Bonchev–Trinajstić information content (AvgIpc) is 2.73. The van der Waals surface area contributed by atoms with Gasteiger partial charge in [0.2, 0.25) is 0 Å². The van der Waals surface area contributed by atoms with Gasteiger partial charge < -0.3 is 10.1 Å². The van der Waals surface area contributed by atoms with Gasteiger partial charge in [0.15, 0.2) is 0 Å². The molecule has 0 bridgehead atoms. The van der Waals surface area contributed by atoms with Crippen LogP contribution in [0.4, 0.5) is 0 Å². The number of esters is 1. The van der Waals surface area contributed by atoms with E-state index in [0.29, 0.717) is 18.5 Å². The standard InChI is InChI=1S/C23H20N2O3/c1-15(26)28-14-16-7-9-18(10-8-16)22-19(17-5-3-2-4-6-17)13-20-21(25-22)11-12-24-23(20)27/h2-10,13H,11-12,14H2,1H3,(H,24,27). The molecule has 1 N–H and O–H groups in total. The summed E-state index contributed by atoms with van der Waals surface area (Å²) in [4.78, 5) is 28.2. The number of nitrogens with zero attached hydrogens (tertiary/aromatic N) is 1. The number of nitrogens with one attached hydrogen (secondary N) is 1. The largest absolute Gasteiger partial charge is 0.461 e. The number of pyridine rings is 1. The highest BCUT2D eigenvalue weighted by Gasteiger charge is 2.22. The van der Waals surface area contributed by atoms with Gasteiger partial charge in [0, 0.05) is 31.0 Å². The Hall–Kier alpha value is -3.47. The lowest BCUT2D eigenvalue weighted by Gasteiger charge is -2.19. The van der Waals surface area contributed by atoms with Crippen molar-refractivity contribution >= 4 is 11.9 Å². The Kier molecular flexibility index (Phi) is 4.89. The Balaban J connectivity index is 1.79. The number of hydrogen-bond acceptors (Lipinski definition) is 4. The van der Waals surface area contributed by atoms with Gasteiger partial charge in [0.1, 0.15) is 6.61 Å². The van der Waals surface area contributed by atoms with Crippen LogP contribution < -0.4 is 5.32 Å². The first-order chi connectivity index (χ1) is 13.6. The minimum absolute atomic E-state index is 0.0748. The van der Waals surface area contributed by atoms with Crippen LogP contribution in [-0.2, 0) is 22.6 Å². The highest BCUT2D eigenvalue weighted by molar-refractivity contribution is 5.99. The average molecular weight is 372 g/mol. The molecular formula is C23H20N2O3. The number of aromatic nitrogens is 1. The zero-order valence-corrected chi connectivity index (χ0v) is 15.6. The predicted octanol–water partition coefficient (Wildman–Crippen LogP) is 3.76. The summed E-state index contributed by atoms with van der Waals surface area (Å²) in [6, 6.07) is 19.7. The summed E-state index contributed by atoms with van der Waals surface area (Å²) in [6.07, 6.45) is 0.716. The van der Waals surface area contributed by atoms with E-state index < -0.39 is 0 Å². The number of ether oxygens (including phenoxy) is 1. The Labute approximate surface area is 163 Å². The van der Waals surface area contributed by atoms with Gasteiger partial charge >= 0.3 is 5.97 Å². The minimum Gasteiger partial charge on any atom is -0.461 e. The molecule has 0 radical (unpaired) electrons. The normalized spacial score (nSPS) is 12.8.